The van der Waals surface area contributed by atoms with Crippen LogP contribution in [0.3, 0.4) is 0 Å². The van der Waals surface area contributed by atoms with Crippen LogP contribution in [0.4, 0.5) is 0 Å². The minimum atomic E-state index is -0.354. The molecule has 0 saturated carbocycles. The van der Waals surface area contributed by atoms with Gasteiger partial charge in [0.15, 0.2) is 5.65 Å². The summed E-state index contributed by atoms with van der Waals surface area (Å²) in [6.07, 6.45) is 3.14. The lowest BCUT2D eigenvalue weighted by atomic mass is 10.1. The summed E-state index contributed by atoms with van der Waals surface area (Å²) in [5, 5.41) is 12.2. The van der Waals surface area contributed by atoms with Crippen LogP contribution < -0.4 is 5.56 Å². The lowest BCUT2D eigenvalue weighted by Crippen LogP contribution is -2.43. The van der Waals surface area contributed by atoms with Crippen LogP contribution in [0.25, 0.3) is 11.0 Å². The quantitative estimate of drug-likeness (QED) is 0.646. The number of amides is 1. The van der Waals surface area contributed by atoms with Gasteiger partial charge in [-0.1, -0.05) is 35.5 Å². The highest BCUT2D eigenvalue weighted by Gasteiger charge is 2.24. The van der Waals surface area contributed by atoms with Crippen LogP contribution in [0.2, 0.25) is 0 Å². The van der Waals surface area contributed by atoms with Crippen LogP contribution in [-0.2, 0) is 29.7 Å². The molecule has 1 fully saturated rings. The normalized spacial score (nSPS) is 15.2. The topological polar surface area (TPSA) is 95.1 Å². The molecule has 0 bridgehead atoms. The van der Waals surface area contributed by atoms with E-state index >= 15 is 0 Å². The Morgan fingerprint density at radius 1 is 1.21 bits per heavy atom. The van der Waals surface area contributed by atoms with Crippen molar-refractivity contribution in [1.29, 1.82) is 0 Å². The molecule has 2 aromatic heterocycles. The van der Waals surface area contributed by atoms with Crippen molar-refractivity contribution in [1.82, 2.24) is 29.7 Å². The Morgan fingerprint density at radius 2 is 1.96 bits per heavy atom. The predicted octanol–water partition coefficient (Wildman–Crippen LogP) is 0.733. The number of carbonyl (C=O) groups excluding carboxylic acids is 1. The minimum Gasteiger partial charge on any atom is -0.373 e. The molecule has 9 nitrogen and oxygen atoms in total. The monoisotopic (exact) mass is 382 g/mol. The summed E-state index contributed by atoms with van der Waals surface area (Å²) in [4.78, 5) is 26.8. The van der Waals surface area contributed by atoms with E-state index < -0.39 is 0 Å². The third-order valence-electron chi connectivity index (χ3n) is 5.03. The van der Waals surface area contributed by atoms with E-state index in [1.54, 1.807) is 11.9 Å². The van der Waals surface area contributed by atoms with Crippen molar-refractivity contribution in [3.05, 3.63) is 52.4 Å². The highest BCUT2D eigenvalue weighted by atomic mass is 16.5. The number of carbonyl (C=O) groups is 1. The number of likely N-dealkylation sites (tertiary alicyclic amines) is 1. The third kappa shape index (κ3) is 3.79. The van der Waals surface area contributed by atoms with E-state index in [2.05, 4.69) is 15.4 Å². The molecule has 146 valence electrons. The van der Waals surface area contributed by atoms with Crippen molar-refractivity contribution in [3.63, 3.8) is 0 Å². The molecular weight excluding hydrogens is 360 g/mol. The van der Waals surface area contributed by atoms with Gasteiger partial charge in [-0.15, -0.1) is 5.10 Å². The van der Waals surface area contributed by atoms with Crippen LogP contribution in [0.1, 0.15) is 18.4 Å². The van der Waals surface area contributed by atoms with E-state index in [0.717, 1.165) is 23.1 Å². The zero-order chi connectivity index (χ0) is 19.5. The molecule has 0 aliphatic carbocycles. The number of nitrogens with zero attached hydrogens (tertiary/aromatic N) is 6. The maximum absolute atomic E-state index is 12.6. The first-order chi connectivity index (χ1) is 13.6. The van der Waals surface area contributed by atoms with E-state index in [1.165, 1.54) is 10.9 Å². The summed E-state index contributed by atoms with van der Waals surface area (Å²) >= 11 is 0. The van der Waals surface area contributed by atoms with Gasteiger partial charge in [0.2, 0.25) is 5.91 Å². The number of aromatic nitrogens is 5. The van der Waals surface area contributed by atoms with Crippen molar-refractivity contribution < 1.29 is 9.53 Å². The number of hydrogen-bond acceptors (Lipinski definition) is 6. The van der Waals surface area contributed by atoms with Gasteiger partial charge < -0.3 is 9.64 Å². The first-order valence-corrected chi connectivity index (χ1v) is 9.30. The van der Waals surface area contributed by atoms with Gasteiger partial charge in [0.1, 0.15) is 11.9 Å². The predicted molar refractivity (Wildman–Crippen MR) is 101 cm³/mol. The van der Waals surface area contributed by atoms with Crippen molar-refractivity contribution in [2.24, 2.45) is 7.05 Å². The summed E-state index contributed by atoms with van der Waals surface area (Å²) < 4.78 is 8.54. The second-order valence-electron chi connectivity index (χ2n) is 6.93. The Labute approximate surface area is 161 Å². The number of rotatable bonds is 5. The summed E-state index contributed by atoms with van der Waals surface area (Å²) in [6.45, 7) is 1.67. The third-order valence-corrected chi connectivity index (χ3v) is 5.03. The molecule has 1 saturated heterocycles. The molecule has 28 heavy (non-hydrogen) atoms. The molecule has 0 atom stereocenters. The fourth-order valence-corrected chi connectivity index (χ4v) is 3.37. The van der Waals surface area contributed by atoms with Crippen molar-refractivity contribution in [3.8, 4) is 0 Å². The molecular formula is C19H22N6O3. The number of benzene rings is 1. The standard InChI is InChI=1S/C19H22N6O3/c1-23-18-16(11-20-23)19(27)25(22-21-18)12-17(26)24-9-7-15(8-10-24)28-13-14-5-3-2-4-6-14/h2-6,11,15H,7-10,12-13H2,1H3. The maximum atomic E-state index is 12.6. The molecule has 1 aliphatic rings. The largest absolute Gasteiger partial charge is 0.373 e. The summed E-state index contributed by atoms with van der Waals surface area (Å²) in [7, 11) is 1.69. The van der Waals surface area contributed by atoms with Crippen LogP contribution in [0.15, 0.2) is 41.3 Å². The second-order valence-corrected chi connectivity index (χ2v) is 6.93. The Morgan fingerprint density at radius 3 is 2.71 bits per heavy atom. The number of fused-ring (bicyclic) bond motifs is 1. The van der Waals surface area contributed by atoms with Gasteiger partial charge in [0.25, 0.3) is 5.56 Å². The molecule has 0 radical (unpaired) electrons. The van der Waals surface area contributed by atoms with Gasteiger partial charge in [0, 0.05) is 20.1 Å². The van der Waals surface area contributed by atoms with Crippen molar-refractivity contribution in [2.45, 2.75) is 32.1 Å². The van der Waals surface area contributed by atoms with E-state index in [1.807, 2.05) is 30.3 Å². The smallest absolute Gasteiger partial charge is 0.281 e. The van der Waals surface area contributed by atoms with Crippen LogP contribution in [0, 0.1) is 0 Å². The molecule has 1 aliphatic heterocycles. The van der Waals surface area contributed by atoms with Gasteiger partial charge in [0.05, 0.1) is 18.9 Å². The van der Waals surface area contributed by atoms with Crippen LogP contribution in [0.5, 0.6) is 0 Å². The summed E-state index contributed by atoms with van der Waals surface area (Å²) in [5.41, 5.74) is 1.20. The van der Waals surface area contributed by atoms with Crippen LogP contribution in [-0.4, -0.2) is 54.8 Å². The second kappa shape index (κ2) is 7.89. The Bertz CT molecular complexity index is 1020. The van der Waals surface area contributed by atoms with Crippen molar-refractivity contribution in [2.75, 3.05) is 13.1 Å². The first kappa shape index (κ1) is 18.3. The summed E-state index contributed by atoms with van der Waals surface area (Å²) in [5.74, 6) is -0.138. The van der Waals surface area contributed by atoms with Gasteiger partial charge in [-0.05, 0) is 18.4 Å². The molecule has 0 unspecified atom stereocenters. The average Bonchev–Trinajstić information content (AvgIpc) is 3.11. The zero-order valence-corrected chi connectivity index (χ0v) is 15.7. The fourth-order valence-electron chi connectivity index (χ4n) is 3.37. The Hall–Kier alpha value is -3.07. The average molecular weight is 382 g/mol. The molecule has 3 aromatic rings. The van der Waals surface area contributed by atoms with E-state index in [4.69, 9.17) is 4.74 Å². The SMILES string of the molecule is Cn1ncc2c(=O)n(CC(=O)N3CCC(OCc4ccccc4)CC3)nnc21. The number of aryl methyl sites for hydroxylation is 1. The molecule has 9 heteroatoms. The Kier molecular flexibility index (Phi) is 5.16. The zero-order valence-electron chi connectivity index (χ0n) is 15.7. The highest BCUT2D eigenvalue weighted by Crippen LogP contribution is 2.16. The van der Waals surface area contributed by atoms with Gasteiger partial charge in [-0.25, -0.2) is 9.36 Å². The van der Waals surface area contributed by atoms with Gasteiger partial charge in [-0.3, -0.25) is 9.59 Å². The minimum absolute atomic E-state index is 0.119. The summed E-state index contributed by atoms with van der Waals surface area (Å²) in [6, 6.07) is 10.0. The molecule has 1 aromatic carbocycles. The first-order valence-electron chi connectivity index (χ1n) is 9.30. The molecule has 3 heterocycles. The fraction of sp³-hybridized carbons (Fsp3) is 0.421. The highest BCUT2D eigenvalue weighted by molar-refractivity contribution is 5.77. The molecule has 0 spiro atoms. The number of piperidine rings is 1. The molecule has 1 amide bonds. The van der Waals surface area contributed by atoms with E-state index in [9.17, 15) is 9.59 Å². The molecule has 0 N–H and O–H groups in total. The lowest BCUT2D eigenvalue weighted by Gasteiger charge is -2.32. The van der Waals surface area contributed by atoms with Gasteiger partial charge >= 0.3 is 0 Å². The van der Waals surface area contributed by atoms with E-state index in [-0.39, 0.29) is 24.1 Å². The number of ether oxygens (including phenoxy) is 1. The lowest BCUT2D eigenvalue weighted by molar-refractivity contribution is -0.135. The number of hydrogen-bond donors (Lipinski definition) is 0. The maximum Gasteiger partial charge on any atom is 0.281 e. The van der Waals surface area contributed by atoms with Crippen LogP contribution >= 0.6 is 0 Å². The van der Waals surface area contributed by atoms with E-state index in [0.29, 0.717) is 30.7 Å². The van der Waals surface area contributed by atoms with Gasteiger partial charge in [-0.2, -0.15) is 5.10 Å². The molecule has 4 rings (SSSR count). The Balaban J connectivity index is 1.32. The van der Waals surface area contributed by atoms with Crippen molar-refractivity contribution >= 4 is 16.9 Å².